The molecule has 0 spiro atoms. The molecular formula is C15H24FNO3S. The first-order chi connectivity index (χ1) is 9.49. The van der Waals surface area contributed by atoms with Crippen molar-refractivity contribution >= 4 is 9.84 Å². The number of nitrogens with zero attached hydrogens (tertiary/aromatic N) is 1. The van der Waals surface area contributed by atoms with Gasteiger partial charge in [-0.15, -0.1) is 0 Å². The maximum atomic E-state index is 12.9. The van der Waals surface area contributed by atoms with Crippen molar-refractivity contribution in [1.82, 2.24) is 4.90 Å². The number of aliphatic hydroxyl groups is 1. The second-order valence-electron chi connectivity index (χ2n) is 6.31. The lowest BCUT2D eigenvalue weighted by Crippen LogP contribution is -2.45. The average Bonchev–Trinajstić information content (AvgIpc) is 2.32. The van der Waals surface area contributed by atoms with Crippen LogP contribution in [0, 0.1) is 5.82 Å². The zero-order valence-electron chi connectivity index (χ0n) is 13.0. The molecule has 0 aliphatic rings. The summed E-state index contributed by atoms with van der Waals surface area (Å²) in [5.74, 6) is -0.309. The molecule has 1 aromatic rings. The van der Waals surface area contributed by atoms with E-state index in [4.69, 9.17) is 0 Å². The second-order valence-corrected chi connectivity index (χ2v) is 8.57. The van der Waals surface area contributed by atoms with Crippen LogP contribution in [0.1, 0.15) is 32.4 Å². The van der Waals surface area contributed by atoms with Gasteiger partial charge in [0.2, 0.25) is 0 Å². The minimum Gasteiger partial charge on any atom is -0.387 e. The van der Waals surface area contributed by atoms with Crippen LogP contribution in [-0.2, 0) is 9.84 Å². The van der Waals surface area contributed by atoms with Gasteiger partial charge in [0.15, 0.2) is 0 Å². The van der Waals surface area contributed by atoms with Crippen molar-refractivity contribution in [2.75, 3.05) is 25.1 Å². The lowest BCUT2D eigenvalue weighted by molar-refractivity contribution is 0.0631. The Labute approximate surface area is 126 Å². The minimum absolute atomic E-state index is 0.0421. The van der Waals surface area contributed by atoms with E-state index in [0.29, 0.717) is 18.7 Å². The summed E-state index contributed by atoms with van der Waals surface area (Å²) in [6.45, 7) is 6.54. The van der Waals surface area contributed by atoms with Crippen LogP contribution < -0.4 is 0 Å². The van der Waals surface area contributed by atoms with Gasteiger partial charge < -0.3 is 5.11 Å². The molecule has 1 rings (SSSR count). The van der Waals surface area contributed by atoms with Crippen molar-refractivity contribution in [1.29, 1.82) is 0 Å². The Morgan fingerprint density at radius 1 is 1.24 bits per heavy atom. The second kappa shape index (κ2) is 6.85. The number of β-amino-alcohol motifs (C(OH)–C–C–N with tert-alkyl or cyclic N) is 1. The molecule has 0 aliphatic carbocycles. The highest BCUT2D eigenvalue weighted by Crippen LogP contribution is 2.20. The van der Waals surface area contributed by atoms with E-state index in [1.807, 2.05) is 25.7 Å². The summed E-state index contributed by atoms with van der Waals surface area (Å²) in [4.78, 5) is 1.92. The maximum absolute atomic E-state index is 12.9. The van der Waals surface area contributed by atoms with Gasteiger partial charge in [0.25, 0.3) is 0 Å². The zero-order valence-corrected chi connectivity index (χ0v) is 13.8. The summed E-state index contributed by atoms with van der Waals surface area (Å²) < 4.78 is 35.5. The Bertz CT molecular complexity index is 549. The first-order valence-corrected chi connectivity index (χ1v) is 8.91. The summed E-state index contributed by atoms with van der Waals surface area (Å²) in [5, 5.41) is 10.3. The third-order valence-electron chi connectivity index (χ3n) is 3.33. The van der Waals surface area contributed by atoms with Gasteiger partial charge in [-0.3, -0.25) is 4.90 Å². The van der Waals surface area contributed by atoms with Crippen LogP contribution in [0.25, 0.3) is 0 Å². The normalized spacial score (nSPS) is 14.4. The average molecular weight is 317 g/mol. The summed E-state index contributed by atoms with van der Waals surface area (Å²) >= 11 is 0. The van der Waals surface area contributed by atoms with E-state index >= 15 is 0 Å². The Morgan fingerprint density at radius 3 is 2.19 bits per heavy atom. The number of halogens is 1. The number of sulfone groups is 1. The number of rotatable bonds is 6. The van der Waals surface area contributed by atoms with E-state index < -0.39 is 15.9 Å². The van der Waals surface area contributed by atoms with Crippen LogP contribution in [0.2, 0.25) is 0 Å². The van der Waals surface area contributed by atoms with Gasteiger partial charge in [-0.2, -0.15) is 0 Å². The highest BCUT2D eigenvalue weighted by molar-refractivity contribution is 7.90. The first-order valence-electron chi connectivity index (χ1n) is 6.85. The van der Waals surface area contributed by atoms with Gasteiger partial charge in [0.1, 0.15) is 15.7 Å². The Morgan fingerprint density at radius 2 is 1.76 bits per heavy atom. The summed E-state index contributed by atoms with van der Waals surface area (Å²) in [6, 6.07) is 5.68. The molecule has 0 radical (unpaired) electrons. The van der Waals surface area contributed by atoms with Crippen molar-refractivity contribution in [3.05, 3.63) is 35.6 Å². The first kappa shape index (κ1) is 18.1. The summed E-state index contributed by atoms with van der Waals surface area (Å²) in [7, 11) is -3.06. The van der Waals surface area contributed by atoms with Crippen LogP contribution in [0.15, 0.2) is 24.3 Å². The fourth-order valence-electron chi connectivity index (χ4n) is 1.98. The summed E-state index contributed by atoms with van der Waals surface area (Å²) in [5.41, 5.74) is 0.344. The molecule has 0 saturated carbocycles. The van der Waals surface area contributed by atoms with E-state index in [1.54, 1.807) is 0 Å². The van der Waals surface area contributed by atoms with Gasteiger partial charge >= 0.3 is 0 Å². The molecule has 120 valence electrons. The molecule has 0 aromatic heterocycles. The molecule has 1 aromatic carbocycles. The molecule has 0 aliphatic heterocycles. The summed E-state index contributed by atoms with van der Waals surface area (Å²) in [6.07, 6.45) is 0.411. The lowest BCUT2D eigenvalue weighted by Gasteiger charge is -2.37. The fourth-order valence-corrected chi connectivity index (χ4v) is 2.53. The molecule has 0 saturated heterocycles. The third-order valence-corrected chi connectivity index (χ3v) is 4.25. The van der Waals surface area contributed by atoms with E-state index in [-0.39, 0.29) is 17.1 Å². The minimum atomic E-state index is -3.06. The predicted octanol–water partition coefficient (Wildman–Crippen LogP) is 2.00. The van der Waals surface area contributed by atoms with Gasteiger partial charge in [-0.25, -0.2) is 12.8 Å². The van der Waals surface area contributed by atoms with Crippen LogP contribution in [0.3, 0.4) is 0 Å². The molecule has 4 nitrogen and oxygen atoms in total. The van der Waals surface area contributed by atoms with E-state index in [0.717, 1.165) is 0 Å². The van der Waals surface area contributed by atoms with Crippen molar-refractivity contribution in [2.24, 2.45) is 0 Å². The standard InChI is InChI=1S/C15H24FNO3S/c1-15(2,3)17(9-10-21(4,19)20)11-14(18)12-5-7-13(16)8-6-12/h5-8,14,18H,9-11H2,1-4H3. The SMILES string of the molecule is CC(C)(C)N(CCS(C)(=O)=O)CC(O)c1ccc(F)cc1. The molecule has 6 heteroatoms. The molecule has 1 atom stereocenters. The smallest absolute Gasteiger partial charge is 0.148 e. The lowest BCUT2D eigenvalue weighted by atomic mass is 10.0. The molecule has 0 fully saturated rings. The monoisotopic (exact) mass is 317 g/mol. The van der Waals surface area contributed by atoms with Crippen molar-refractivity contribution < 1.29 is 17.9 Å². The highest BCUT2D eigenvalue weighted by Gasteiger charge is 2.25. The predicted molar refractivity (Wildman–Crippen MR) is 82.4 cm³/mol. The van der Waals surface area contributed by atoms with Crippen LogP contribution in [0.4, 0.5) is 4.39 Å². The van der Waals surface area contributed by atoms with Gasteiger partial charge in [0, 0.05) is 24.9 Å². The quantitative estimate of drug-likeness (QED) is 0.872. The van der Waals surface area contributed by atoms with E-state index in [9.17, 15) is 17.9 Å². The van der Waals surface area contributed by atoms with E-state index in [1.165, 1.54) is 30.5 Å². The van der Waals surface area contributed by atoms with Gasteiger partial charge in [-0.1, -0.05) is 12.1 Å². The van der Waals surface area contributed by atoms with Crippen molar-refractivity contribution in [3.63, 3.8) is 0 Å². The molecule has 1 N–H and O–H groups in total. The number of hydrogen-bond acceptors (Lipinski definition) is 4. The van der Waals surface area contributed by atoms with E-state index in [2.05, 4.69) is 0 Å². The molecule has 0 bridgehead atoms. The molecule has 1 unspecified atom stereocenters. The number of hydrogen-bond donors (Lipinski definition) is 1. The van der Waals surface area contributed by atoms with Crippen LogP contribution >= 0.6 is 0 Å². The van der Waals surface area contributed by atoms with Gasteiger partial charge in [-0.05, 0) is 38.5 Å². The fraction of sp³-hybridized carbons (Fsp3) is 0.600. The van der Waals surface area contributed by atoms with Crippen molar-refractivity contribution in [2.45, 2.75) is 32.4 Å². The Hall–Kier alpha value is -0.980. The molecule has 0 heterocycles. The largest absolute Gasteiger partial charge is 0.387 e. The van der Waals surface area contributed by atoms with Crippen LogP contribution in [-0.4, -0.2) is 49.1 Å². The topological polar surface area (TPSA) is 57.6 Å². The molecule has 0 amide bonds. The Kier molecular flexibility index (Phi) is 5.90. The highest BCUT2D eigenvalue weighted by atomic mass is 32.2. The zero-order chi connectivity index (χ0) is 16.3. The molecular weight excluding hydrogens is 293 g/mol. The third kappa shape index (κ3) is 6.54. The van der Waals surface area contributed by atoms with Gasteiger partial charge in [0.05, 0.1) is 11.9 Å². The maximum Gasteiger partial charge on any atom is 0.148 e. The van der Waals surface area contributed by atoms with Crippen molar-refractivity contribution in [3.8, 4) is 0 Å². The Balaban J connectivity index is 2.78. The van der Waals surface area contributed by atoms with Crippen LogP contribution in [0.5, 0.6) is 0 Å². The number of aliphatic hydroxyl groups excluding tert-OH is 1. The number of benzene rings is 1. The molecule has 21 heavy (non-hydrogen) atoms.